The number of nitrogens with zero attached hydrogens (tertiary/aromatic N) is 4. The third kappa shape index (κ3) is 6.04. The molecule has 1 aromatic heterocycles. The molecule has 8 nitrogen and oxygen atoms in total. The lowest BCUT2D eigenvalue weighted by atomic mass is 10.1. The molecule has 186 valence electrons. The monoisotopic (exact) mass is 504 g/mol. The highest BCUT2D eigenvalue weighted by atomic mass is 32.2. The number of aryl methyl sites for hydroxylation is 3. The van der Waals surface area contributed by atoms with Crippen LogP contribution in [0.2, 0.25) is 0 Å². The number of benzene rings is 3. The van der Waals surface area contributed by atoms with Gasteiger partial charge in [0.25, 0.3) is 0 Å². The average Bonchev–Trinajstić information content (AvgIpc) is 3.23. The fourth-order valence-corrected chi connectivity index (χ4v) is 4.90. The lowest BCUT2D eigenvalue weighted by Gasteiger charge is -2.17. The quantitative estimate of drug-likeness (QED) is 0.151. The van der Waals surface area contributed by atoms with E-state index in [1.54, 1.807) is 19.2 Å². The van der Waals surface area contributed by atoms with E-state index < -0.39 is 5.25 Å². The first-order valence-corrected chi connectivity index (χ1v) is 12.4. The van der Waals surface area contributed by atoms with Crippen molar-refractivity contribution in [2.24, 2.45) is 0 Å². The van der Waals surface area contributed by atoms with E-state index in [-0.39, 0.29) is 11.5 Å². The second-order valence-corrected chi connectivity index (χ2v) is 9.68. The molecule has 36 heavy (non-hydrogen) atoms. The van der Waals surface area contributed by atoms with Gasteiger partial charge < -0.3 is 9.47 Å². The van der Waals surface area contributed by atoms with Crippen LogP contribution in [-0.2, 0) is 6.61 Å². The Bertz CT molecular complexity index is 1340. The molecule has 1 heterocycles. The normalized spacial score (nSPS) is 11.8. The molecule has 0 fully saturated rings. The van der Waals surface area contributed by atoms with E-state index in [1.807, 2.05) is 79.9 Å². The molecule has 3 aromatic carbocycles. The fraction of sp³-hybridized carbons (Fsp3) is 0.259. The van der Waals surface area contributed by atoms with Crippen molar-refractivity contribution < 1.29 is 14.4 Å². The summed E-state index contributed by atoms with van der Waals surface area (Å²) in [4.78, 5) is 11.3. The first-order chi connectivity index (χ1) is 17.3. The van der Waals surface area contributed by atoms with Gasteiger partial charge in [-0.15, -0.1) is 10.2 Å². The molecular formula is C27H28N4O4S. The van der Waals surface area contributed by atoms with Crippen LogP contribution in [0.4, 0.5) is 0 Å². The summed E-state index contributed by atoms with van der Waals surface area (Å²) >= 11 is 1.30. The maximum atomic E-state index is 11.6. The summed E-state index contributed by atoms with van der Waals surface area (Å²) < 4.78 is 13.5. The minimum absolute atomic E-state index is 0.281. The number of thioether (sulfide) groups is 1. The number of aromatic nitrogens is 3. The number of ether oxygens (including phenoxy) is 2. The van der Waals surface area contributed by atoms with E-state index in [9.17, 15) is 10.1 Å². The van der Waals surface area contributed by atoms with Crippen LogP contribution in [0.1, 0.15) is 33.3 Å². The zero-order valence-corrected chi connectivity index (χ0v) is 21.5. The van der Waals surface area contributed by atoms with Crippen molar-refractivity contribution in [3.05, 3.63) is 105 Å². The Kier molecular flexibility index (Phi) is 7.90. The molecule has 1 atom stereocenters. The molecular weight excluding hydrogens is 476 g/mol. The predicted octanol–water partition coefficient (Wildman–Crippen LogP) is 5.89. The summed E-state index contributed by atoms with van der Waals surface area (Å²) in [7, 11) is 1.56. The van der Waals surface area contributed by atoms with Crippen LogP contribution in [0.5, 0.6) is 11.5 Å². The summed E-state index contributed by atoms with van der Waals surface area (Å²) in [6.45, 7) is 6.03. The molecule has 4 aromatic rings. The number of hydrogen-bond acceptors (Lipinski definition) is 7. The topological polar surface area (TPSA) is 92.3 Å². The van der Waals surface area contributed by atoms with Crippen LogP contribution >= 0.6 is 11.8 Å². The van der Waals surface area contributed by atoms with E-state index in [0.717, 1.165) is 22.4 Å². The largest absolute Gasteiger partial charge is 0.493 e. The van der Waals surface area contributed by atoms with Gasteiger partial charge in [-0.1, -0.05) is 65.4 Å². The first-order valence-electron chi connectivity index (χ1n) is 11.5. The number of hydrogen-bond donors (Lipinski definition) is 0. The molecule has 4 rings (SSSR count). The molecule has 0 aliphatic heterocycles. The number of nitro groups is 1. The maximum absolute atomic E-state index is 11.6. The van der Waals surface area contributed by atoms with Gasteiger partial charge in [0.1, 0.15) is 17.7 Å². The molecule has 0 bridgehead atoms. The highest BCUT2D eigenvalue weighted by Crippen LogP contribution is 2.39. The molecule has 0 spiro atoms. The third-order valence-corrected chi connectivity index (χ3v) is 6.91. The summed E-state index contributed by atoms with van der Waals surface area (Å²) in [6, 6.07) is 21.5. The second-order valence-electron chi connectivity index (χ2n) is 8.51. The van der Waals surface area contributed by atoms with Gasteiger partial charge >= 0.3 is 0 Å². The smallest absolute Gasteiger partial charge is 0.220 e. The second kappa shape index (κ2) is 11.3. The molecule has 0 saturated carbocycles. The zero-order valence-electron chi connectivity index (χ0n) is 20.7. The van der Waals surface area contributed by atoms with E-state index >= 15 is 0 Å². The summed E-state index contributed by atoms with van der Waals surface area (Å²) in [5, 5.41) is 20.2. The summed E-state index contributed by atoms with van der Waals surface area (Å²) in [5.41, 5.74) is 5.01. The third-order valence-electron chi connectivity index (χ3n) is 5.72. The summed E-state index contributed by atoms with van der Waals surface area (Å²) in [5.74, 6) is 1.80. The van der Waals surface area contributed by atoms with Gasteiger partial charge in [-0.3, -0.25) is 14.7 Å². The van der Waals surface area contributed by atoms with Crippen LogP contribution in [-0.4, -0.2) is 33.3 Å². The average molecular weight is 505 g/mol. The highest BCUT2D eigenvalue weighted by molar-refractivity contribution is 7.99. The Labute approximate surface area is 214 Å². The minimum Gasteiger partial charge on any atom is -0.493 e. The SMILES string of the molecule is COc1cc([C@H](C[N+](=O)[O-])Sc2nnc(C)n2-c2ccc(C)cc2)ccc1OCc1ccc(C)cc1. The summed E-state index contributed by atoms with van der Waals surface area (Å²) in [6.07, 6.45) is 0. The van der Waals surface area contributed by atoms with Gasteiger partial charge in [0.15, 0.2) is 16.7 Å². The van der Waals surface area contributed by atoms with Crippen LogP contribution in [0.25, 0.3) is 5.69 Å². The zero-order chi connectivity index (χ0) is 25.7. The molecule has 0 unspecified atom stereocenters. The van der Waals surface area contributed by atoms with Gasteiger partial charge in [0.2, 0.25) is 6.54 Å². The van der Waals surface area contributed by atoms with E-state index in [0.29, 0.717) is 29.1 Å². The maximum Gasteiger partial charge on any atom is 0.220 e. The first kappa shape index (κ1) is 25.2. The Balaban J connectivity index is 1.59. The molecule has 0 aliphatic rings. The van der Waals surface area contributed by atoms with E-state index in [2.05, 4.69) is 10.2 Å². The van der Waals surface area contributed by atoms with Crippen molar-refractivity contribution in [2.75, 3.05) is 13.7 Å². The Morgan fingerprint density at radius 1 is 0.944 bits per heavy atom. The van der Waals surface area contributed by atoms with Crippen molar-refractivity contribution in [3.8, 4) is 17.2 Å². The number of methoxy groups -OCH3 is 1. The molecule has 0 N–H and O–H groups in total. The molecule has 0 amide bonds. The van der Waals surface area contributed by atoms with Crippen LogP contribution in [0.15, 0.2) is 71.9 Å². The molecule has 9 heteroatoms. The number of rotatable bonds is 10. The molecule has 0 aliphatic carbocycles. The predicted molar refractivity (Wildman–Crippen MR) is 140 cm³/mol. The minimum atomic E-state index is -0.507. The van der Waals surface area contributed by atoms with Gasteiger partial charge in [-0.25, -0.2) is 0 Å². The fourth-order valence-electron chi connectivity index (χ4n) is 3.73. The van der Waals surface area contributed by atoms with Crippen LogP contribution in [0.3, 0.4) is 0 Å². The molecule has 0 radical (unpaired) electrons. The van der Waals surface area contributed by atoms with E-state index in [4.69, 9.17) is 9.47 Å². The van der Waals surface area contributed by atoms with Crippen molar-refractivity contribution >= 4 is 11.8 Å². The Morgan fingerprint density at radius 2 is 1.61 bits per heavy atom. The highest BCUT2D eigenvalue weighted by Gasteiger charge is 2.25. The van der Waals surface area contributed by atoms with Crippen LogP contribution in [0, 0.1) is 30.9 Å². The van der Waals surface area contributed by atoms with Crippen molar-refractivity contribution in [2.45, 2.75) is 37.8 Å². The van der Waals surface area contributed by atoms with Gasteiger partial charge in [0.05, 0.1) is 7.11 Å². The van der Waals surface area contributed by atoms with Crippen LogP contribution < -0.4 is 9.47 Å². The lowest BCUT2D eigenvalue weighted by molar-refractivity contribution is -0.479. The molecule has 0 saturated heterocycles. The van der Waals surface area contributed by atoms with E-state index in [1.165, 1.54) is 17.3 Å². The van der Waals surface area contributed by atoms with Gasteiger partial charge in [-0.05, 0) is 56.2 Å². The van der Waals surface area contributed by atoms with Gasteiger partial charge in [0, 0.05) is 10.6 Å². The van der Waals surface area contributed by atoms with Crippen molar-refractivity contribution in [3.63, 3.8) is 0 Å². The Morgan fingerprint density at radius 3 is 2.25 bits per heavy atom. The standard InChI is InChI=1S/C27H28N4O4S/c1-18-5-9-21(10-6-18)17-35-24-14-11-22(15-25(24)34-4)26(16-30(32)33)36-27-29-28-20(3)31(27)23-12-7-19(2)8-13-23/h5-15,26H,16-17H2,1-4H3/t26-/m0/s1. The lowest BCUT2D eigenvalue weighted by Crippen LogP contribution is -2.11. The van der Waals surface area contributed by atoms with Gasteiger partial charge in [-0.2, -0.15) is 0 Å². The van der Waals surface area contributed by atoms with Crippen molar-refractivity contribution in [1.29, 1.82) is 0 Å². The van der Waals surface area contributed by atoms with Crippen molar-refractivity contribution in [1.82, 2.24) is 14.8 Å². The Hall–Kier alpha value is -3.85.